The predicted molar refractivity (Wildman–Crippen MR) is 98.1 cm³/mol. The molecule has 0 unspecified atom stereocenters. The van der Waals surface area contributed by atoms with Crippen molar-refractivity contribution in [3.63, 3.8) is 0 Å². The van der Waals surface area contributed by atoms with Crippen molar-refractivity contribution in [3.8, 4) is 0 Å². The molecule has 0 saturated heterocycles. The minimum absolute atomic E-state index is 0.288. The Bertz CT molecular complexity index is 837. The maximum atomic E-state index is 12.9. The van der Waals surface area contributed by atoms with Gasteiger partial charge in [-0.15, -0.1) is 0 Å². The molecule has 0 fully saturated rings. The summed E-state index contributed by atoms with van der Waals surface area (Å²) in [6.45, 7) is 0. The highest BCUT2D eigenvalue weighted by molar-refractivity contribution is 6.09. The topological polar surface area (TPSA) is 72.2 Å². The largest absolute Gasteiger partial charge is 0.398 e. The van der Waals surface area contributed by atoms with E-state index in [-0.39, 0.29) is 11.5 Å². The fraction of sp³-hybridized carbons (Fsp3) is 0.0476. The molecule has 0 radical (unpaired) electrons. The standard InChI is InChI=1S/C21H18N2O2/c22-18-14-8-7-13-17(18)20(24)23-21(25)19(15-9-3-1-4-10-15)16-11-5-2-6-12-16/h1-14,19H,22H2,(H,23,24,25). The van der Waals surface area contributed by atoms with E-state index in [0.29, 0.717) is 5.69 Å². The van der Waals surface area contributed by atoms with E-state index in [1.165, 1.54) is 0 Å². The third-order valence-electron chi connectivity index (χ3n) is 3.97. The van der Waals surface area contributed by atoms with Crippen LogP contribution in [0.2, 0.25) is 0 Å². The first kappa shape index (κ1) is 16.5. The second-order valence-electron chi connectivity index (χ2n) is 5.66. The van der Waals surface area contributed by atoms with E-state index in [4.69, 9.17) is 5.73 Å². The summed E-state index contributed by atoms with van der Waals surface area (Å²) in [5, 5.41) is 2.48. The number of imide groups is 1. The SMILES string of the molecule is Nc1ccccc1C(=O)NC(=O)C(c1ccccc1)c1ccccc1. The molecule has 0 spiro atoms. The lowest BCUT2D eigenvalue weighted by molar-refractivity contribution is -0.120. The van der Waals surface area contributed by atoms with Gasteiger partial charge in [0.05, 0.1) is 11.5 Å². The van der Waals surface area contributed by atoms with Gasteiger partial charge in [0, 0.05) is 5.69 Å². The fourth-order valence-electron chi connectivity index (χ4n) is 2.74. The predicted octanol–water partition coefficient (Wildman–Crippen LogP) is 3.36. The van der Waals surface area contributed by atoms with E-state index in [9.17, 15) is 9.59 Å². The molecule has 3 N–H and O–H groups in total. The van der Waals surface area contributed by atoms with Crippen molar-refractivity contribution in [2.45, 2.75) is 5.92 Å². The van der Waals surface area contributed by atoms with E-state index < -0.39 is 11.8 Å². The van der Waals surface area contributed by atoms with Gasteiger partial charge in [-0.25, -0.2) is 0 Å². The van der Waals surface area contributed by atoms with E-state index in [1.807, 2.05) is 60.7 Å². The van der Waals surface area contributed by atoms with E-state index in [2.05, 4.69) is 5.32 Å². The van der Waals surface area contributed by atoms with Crippen LogP contribution in [-0.4, -0.2) is 11.8 Å². The second-order valence-corrected chi connectivity index (χ2v) is 5.66. The first-order chi connectivity index (χ1) is 12.2. The van der Waals surface area contributed by atoms with Crippen LogP contribution in [0.15, 0.2) is 84.9 Å². The number of benzene rings is 3. The molecule has 0 saturated carbocycles. The molecule has 0 aliphatic heterocycles. The molecule has 2 amide bonds. The Kier molecular flexibility index (Phi) is 4.90. The molecule has 0 bridgehead atoms. The lowest BCUT2D eigenvalue weighted by Gasteiger charge is -2.17. The number of anilines is 1. The van der Waals surface area contributed by atoms with E-state index >= 15 is 0 Å². The Morgan fingerprint density at radius 2 is 1.20 bits per heavy atom. The normalized spacial score (nSPS) is 10.4. The molecule has 0 heterocycles. The summed E-state index contributed by atoms with van der Waals surface area (Å²) < 4.78 is 0. The number of carbonyl (C=O) groups is 2. The number of nitrogen functional groups attached to an aromatic ring is 1. The van der Waals surface area contributed by atoms with Crippen molar-refractivity contribution in [1.82, 2.24) is 5.32 Å². The number of hydrogen-bond acceptors (Lipinski definition) is 3. The number of rotatable bonds is 4. The van der Waals surface area contributed by atoms with Crippen LogP contribution >= 0.6 is 0 Å². The lowest BCUT2D eigenvalue weighted by atomic mass is 9.90. The summed E-state index contributed by atoms with van der Waals surface area (Å²) in [5.74, 6) is -1.46. The van der Waals surface area contributed by atoms with Gasteiger partial charge in [0.15, 0.2) is 0 Å². The van der Waals surface area contributed by atoms with Crippen LogP contribution in [0, 0.1) is 0 Å². The van der Waals surface area contributed by atoms with Crippen LogP contribution in [0.25, 0.3) is 0 Å². The van der Waals surface area contributed by atoms with Gasteiger partial charge in [-0.2, -0.15) is 0 Å². The highest BCUT2D eigenvalue weighted by Gasteiger charge is 2.25. The summed E-state index contributed by atoms with van der Waals surface area (Å²) in [7, 11) is 0. The van der Waals surface area contributed by atoms with Crippen molar-refractivity contribution >= 4 is 17.5 Å². The smallest absolute Gasteiger partial charge is 0.259 e. The quantitative estimate of drug-likeness (QED) is 0.721. The van der Waals surface area contributed by atoms with Crippen molar-refractivity contribution in [2.75, 3.05) is 5.73 Å². The molecule has 4 heteroatoms. The molecule has 124 valence electrons. The molecule has 25 heavy (non-hydrogen) atoms. The average molecular weight is 330 g/mol. The van der Waals surface area contributed by atoms with Crippen LogP contribution in [-0.2, 0) is 4.79 Å². The zero-order valence-electron chi connectivity index (χ0n) is 13.6. The third-order valence-corrected chi connectivity index (χ3v) is 3.97. The van der Waals surface area contributed by atoms with Gasteiger partial charge in [-0.3, -0.25) is 14.9 Å². The van der Waals surface area contributed by atoms with Gasteiger partial charge in [-0.1, -0.05) is 72.8 Å². The van der Waals surface area contributed by atoms with E-state index in [1.54, 1.807) is 24.3 Å². The van der Waals surface area contributed by atoms with Gasteiger partial charge in [0.1, 0.15) is 0 Å². The van der Waals surface area contributed by atoms with Crippen molar-refractivity contribution < 1.29 is 9.59 Å². The Morgan fingerprint density at radius 3 is 1.72 bits per heavy atom. The summed E-state index contributed by atoms with van der Waals surface area (Å²) in [6.07, 6.45) is 0. The molecular weight excluding hydrogens is 312 g/mol. The second kappa shape index (κ2) is 7.45. The Hall–Kier alpha value is -3.40. The van der Waals surface area contributed by atoms with E-state index in [0.717, 1.165) is 11.1 Å². The summed E-state index contributed by atoms with van der Waals surface area (Å²) in [5.41, 5.74) is 8.09. The molecule has 3 rings (SSSR count). The first-order valence-electron chi connectivity index (χ1n) is 7.96. The van der Waals surface area contributed by atoms with Crippen LogP contribution in [0.5, 0.6) is 0 Å². The zero-order valence-corrected chi connectivity index (χ0v) is 13.6. The molecule has 0 atom stereocenters. The van der Waals surface area contributed by atoms with Crippen LogP contribution in [0.1, 0.15) is 27.4 Å². The number of nitrogens with one attached hydrogen (secondary N) is 1. The molecule has 0 aliphatic carbocycles. The number of carbonyl (C=O) groups excluding carboxylic acids is 2. The first-order valence-corrected chi connectivity index (χ1v) is 7.96. The van der Waals surface area contributed by atoms with Gasteiger partial charge in [0.25, 0.3) is 5.91 Å². The maximum absolute atomic E-state index is 12.9. The molecule has 3 aromatic carbocycles. The number of para-hydroxylation sites is 1. The lowest BCUT2D eigenvalue weighted by Crippen LogP contribution is -2.35. The minimum atomic E-state index is -0.573. The molecule has 3 aromatic rings. The van der Waals surface area contributed by atoms with Crippen molar-refractivity contribution in [3.05, 3.63) is 102 Å². The highest BCUT2D eigenvalue weighted by atomic mass is 16.2. The third kappa shape index (κ3) is 3.75. The molecule has 0 aliphatic rings. The molecule has 0 aromatic heterocycles. The van der Waals surface area contributed by atoms with Gasteiger partial charge in [-0.05, 0) is 23.3 Å². The summed E-state index contributed by atoms with van der Waals surface area (Å²) in [4.78, 5) is 25.3. The number of nitrogens with two attached hydrogens (primary N) is 1. The summed E-state index contributed by atoms with van der Waals surface area (Å²) >= 11 is 0. The zero-order chi connectivity index (χ0) is 17.6. The Morgan fingerprint density at radius 1 is 0.720 bits per heavy atom. The highest BCUT2D eigenvalue weighted by Crippen LogP contribution is 2.25. The van der Waals surface area contributed by atoms with Gasteiger partial charge >= 0.3 is 0 Å². The monoisotopic (exact) mass is 330 g/mol. The molecule has 4 nitrogen and oxygen atoms in total. The summed E-state index contributed by atoms with van der Waals surface area (Å²) in [6, 6.07) is 25.4. The van der Waals surface area contributed by atoms with Crippen LogP contribution in [0.4, 0.5) is 5.69 Å². The Balaban J connectivity index is 1.90. The minimum Gasteiger partial charge on any atom is -0.398 e. The van der Waals surface area contributed by atoms with Crippen LogP contribution < -0.4 is 11.1 Å². The average Bonchev–Trinajstić information content (AvgIpc) is 2.64. The van der Waals surface area contributed by atoms with Crippen molar-refractivity contribution in [2.24, 2.45) is 0 Å². The van der Waals surface area contributed by atoms with Crippen molar-refractivity contribution in [1.29, 1.82) is 0 Å². The van der Waals surface area contributed by atoms with Gasteiger partial charge in [0.2, 0.25) is 5.91 Å². The number of hydrogen-bond donors (Lipinski definition) is 2. The molecular formula is C21H18N2O2. The van der Waals surface area contributed by atoms with Gasteiger partial charge < -0.3 is 5.73 Å². The fourth-order valence-corrected chi connectivity index (χ4v) is 2.74. The maximum Gasteiger partial charge on any atom is 0.259 e. The van der Waals surface area contributed by atoms with Crippen LogP contribution in [0.3, 0.4) is 0 Å². The Labute approximate surface area is 146 Å². The number of amides is 2.